The SMILES string of the molecule is CCCCCCc1cc(-c2cccc(-c3cccc(-c4cccc(-c5cccc(-c6cc(CCCCCC)cc(-c7cccc8c7sc7ccccc78)c6)c5)c4)c3)c2)cc(-c2cccc3c2S[C@@H]2C=CCC=CC32)c1. The van der Waals surface area contributed by atoms with Crippen LogP contribution in [0, 0.1) is 0 Å². The third kappa shape index (κ3) is 10.5. The van der Waals surface area contributed by atoms with Crippen molar-refractivity contribution >= 4 is 43.3 Å². The largest absolute Gasteiger partial charge is 0.135 e. The van der Waals surface area contributed by atoms with Crippen LogP contribution in [0.4, 0.5) is 0 Å². The Bertz CT molecular complexity index is 3730. The van der Waals surface area contributed by atoms with Crippen molar-refractivity contribution in [3.05, 3.63) is 235 Å². The van der Waals surface area contributed by atoms with E-state index in [0.29, 0.717) is 11.2 Å². The Balaban J connectivity index is 0.847. The normalized spacial score (nSPS) is 14.9. The molecule has 2 heteroatoms. The van der Waals surface area contributed by atoms with Crippen LogP contribution in [-0.2, 0) is 12.8 Å². The van der Waals surface area contributed by atoms with E-state index in [9.17, 15) is 0 Å². The first-order valence-electron chi connectivity index (χ1n) is 27.8. The van der Waals surface area contributed by atoms with Crippen molar-refractivity contribution in [3.8, 4) is 77.9 Å². The number of allylic oxidation sites excluding steroid dienone is 3. The molecule has 12 rings (SSSR count). The van der Waals surface area contributed by atoms with Gasteiger partial charge in [-0.3, -0.25) is 0 Å². The fraction of sp³-hybridized carbons (Fsp3) is 0.205. The van der Waals surface area contributed by atoms with Crippen LogP contribution in [0.25, 0.3) is 98.1 Å². The minimum atomic E-state index is 0.439. The van der Waals surface area contributed by atoms with Crippen LogP contribution >= 0.6 is 23.1 Å². The lowest BCUT2D eigenvalue weighted by Gasteiger charge is -2.15. The highest BCUT2D eigenvalue weighted by molar-refractivity contribution is 8.00. The third-order valence-corrected chi connectivity index (χ3v) is 18.4. The Morgan fingerprint density at radius 1 is 0.387 bits per heavy atom. The number of hydrogen-bond donors (Lipinski definition) is 0. The van der Waals surface area contributed by atoms with E-state index in [0.717, 1.165) is 19.3 Å². The van der Waals surface area contributed by atoms with Gasteiger partial charge in [0, 0.05) is 36.2 Å². The molecule has 2 atom stereocenters. The van der Waals surface area contributed by atoms with E-state index in [4.69, 9.17) is 0 Å². The molecule has 0 saturated carbocycles. The maximum atomic E-state index is 2.49. The van der Waals surface area contributed by atoms with Gasteiger partial charge in [0.2, 0.25) is 0 Å². The van der Waals surface area contributed by atoms with Gasteiger partial charge >= 0.3 is 0 Å². The van der Waals surface area contributed by atoms with Crippen molar-refractivity contribution in [3.63, 3.8) is 0 Å². The second-order valence-corrected chi connectivity index (χ2v) is 23.2. The van der Waals surface area contributed by atoms with E-state index in [1.807, 2.05) is 11.3 Å². The van der Waals surface area contributed by atoms with E-state index in [1.54, 1.807) is 0 Å². The standard InChI is InChI=1S/C73H66S2/c1-3-5-7-10-22-50-40-60(48-62(42-50)64-34-20-36-68-66-32-12-9-13-38-70(66)74-72(64)68)58-30-18-28-56(46-58)54-26-16-24-52(44-54)53-25-17-27-55(45-53)57-29-19-31-59(47-57)61-41-51(23-11-8-6-4-2)43-63(49-61)65-35-21-37-69-67-33-14-15-39-71(67)75-73(65)69/h12-21,24-49,66,70H,3-11,22-23H2,1-2H3/t66?,70-/m1/s1. The first kappa shape index (κ1) is 48.9. The van der Waals surface area contributed by atoms with Crippen LogP contribution in [0.15, 0.2) is 223 Å². The summed E-state index contributed by atoms with van der Waals surface area (Å²) in [4.78, 5) is 1.45. The fourth-order valence-electron chi connectivity index (χ4n) is 11.8. The molecule has 1 aliphatic carbocycles. The quantitative estimate of drug-likeness (QED) is 0.0647. The molecule has 0 spiro atoms. The van der Waals surface area contributed by atoms with Gasteiger partial charge < -0.3 is 0 Å². The molecule has 0 saturated heterocycles. The Hall–Kier alpha value is -6.97. The molecule has 0 N–H and O–H groups in total. The minimum absolute atomic E-state index is 0.439. The summed E-state index contributed by atoms with van der Waals surface area (Å²) in [5.41, 5.74) is 22.1. The Morgan fingerprint density at radius 3 is 1.41 bits per heavy atom. The summed E-state index contributed by atoms with van der Waals surface area (Å²) < 4.78 is 2.72. The summed E-state index contributed by atoms with van der Waals surface area (Å²) in [6, 6.07) is 74.2. The van der Waals surface area contributed by atoms with E-state index in [-0.39, 0.29) is 0 Å². The molecular weight excluding hydrogens is 941 g/mol. The third-order valence-electron chi connectivity index (χ3n) is 15.7. The van der Waals surface area contributed by atoms with Gasteiger partial charge in [-0.2, -0.15) is 0 Å². The van der Waals surface area contributed by atoms with Crippen LogP contribution < -0.4 is 0 Å². The number of fused-ring (bicyclic) bond motifs is 6. The number of thioether (sulfide) groups is 1. The number of benzene rings is 9. The molecule has 75 heavy (non-hydrogen) atoms. The molecule has 370 valence electrons. The molecule has 1 aromatic heterocycles. The number of hydrogen-bond acceptors (Lipinski definition) is 2. The summed E-state index contributed by atoms with van der Waals surface area (Å²) in [5.74, 6) is 0.439. The van der Waals surface area contributed by atoms with Gasteiger partial charge in [0.25, 0.3) is 0 Å². The zero-order valence-corrected chi connectivity index (χ0v) is 45.2. The topological polar surface area (TPSA) is 0 Å². The number of thiophene rings is 1. The second kappa shape index (κ2) is 22.5. The molecule has 1 unspecified atom stereocenters. The molecule has 2 heterocycles. The highest BCUT2D eigenvalue weighted by Crippen LogP contribution is 2.52. The molecule has 0 bridgehead atoms. The van der Waals surface area contributed by atoms with Crippen LogP contribution in [0.2, 0.25) is 0 Å². The average molecular weight is 1010 g/mol. The number of aryl methyl sites for hydroxylation is 2. The molecule has 0 radical (unpaired) electrons. The lowest BCUT2D eigenvalue weighted by molar-refractivity contribution is 0.667. The van der Waals surface area contributed by atoms with Crippen LogP contribution in [-0.4, -0.2) is 5.25 Å². The monoisotopic (exact) mass is 1010 g/mol. The maximum absolute atomic E-state index is 2.49. The molecule has 0 nitrogen and oxygen atoms in total. The zero-order valence-electron chi connectivity index (χ0n) is 43.5. The number of unbranched alkanes of at least 4 members (excludes halogenated alkanes) is 6. The first-order valence-corrected chi connectivity index (χ1v) is 29.5. The molecule has 0 amide bonds. The maximum Gasteiger partial charge on any atom is 0.0433 e. The molecule has 2 aliphatic rings. The van der Waals surface area contributed by atoms with E-state index >= 15 is 0 Å². The summed E-state index contributed by atoms with van der Waals surface area (Å²) in [5, 5.41) is 3.16. The van der Waals surface area contributed by atoms with Crippen LogP contribution in [0.5, 0.6) is 0 Å². The van der Waals surface area contributed by atoms with E-state index in [1.165, 1.54) is 171 Å². The average Bonchev–Trinajstić information content (AvgIpc) is 3.94. The zero-order chi connectivity index (χ0) is 50.5. The van der Waals surface area contributed by atoms with Gasteiger partial charge in [-0.05, 0) is 169 Å². The van der Waals surface area contributed by atoms with Gasteiger partial charge in [0.05, 0.1) is 0 Å². The fourth-order valence-corrected chi connectivity index (χ4v) is 14.5. The van der Waals surface area contributed by atoms with Crippen molar-refractivity contribution in [2.24, 2.45) is 0 Å². The van der Waals surface area contributed by atoms with Crippen LogP contribution in [0.1, 0.15) is 94.2 Å². The van der Waals surface area contributed by atoms with Gasteiger partial charge in [-0.15, -0.1) is 23.1 Å². The molecule has 10 aromatic rings. The summed E-state index contributed by atoms with van der Waals surface area (Å²) >= 11 is 3.97. The summed E-state index contributed by atoms with van der Waals surface area (Å²) in [7, 11) is 0. The Kier molecular flexibility index (Phi) is 14.7. The van der Waals surface area contributed by atoms with Crippen LogP contribution in [0.3, 0.4) is 0 Å². The van der Waals surface area contributed by atoms with Crippen molar-refractivity contribution in [2.45, 2.75) is 101 Å². The van der Waals surface area contributed by atoms with Crippen molar-refractivity contribution in [2.75, 3.05) is 0 Å². The summed E-state index contributed by atoms with van der Waals surface area (Å²) in [6.45, 7) is 4.60. The highest BCUT2D eigenvalue weighted by atomic mass is 32.2. The van der Waals surface area contributed by atoms with Crippen molar-refractivity contribution in [1.82, 2.24) is 0 Å². The van der Waals surface area contributed by atoms with Crippen molar-refractivity contribution in [1.29, 1.82) is 0 Å². The predicted octanol–water partition coefficient (Wildman–Crippen LogP) is 22.0. The molecular formula is C73H66S2. The van der Waals surface area contributed by atoms with Gasteiger partial charge in [-0.1, -0.05) is 228 Å². The lowest BCUT2D eigenvalue weighted by Crippen LogP contribution is -2.03. The minimum Gasteiger partial charge on any atom is -0.135 e. The highest BCUT2D eigenvalue weighted by Gasteiger charge is 2.32. The van der Waals surface area contributed by atoms with Gasteiger partial charge in [0.15, 0.2) is 0 Å². The van der Waals surface area contributed by atoms with Gasteiger partial charge in [-0.25, -0.2) is 0 Å². The Labute approximate surface area is 454 Å². The van der Waals surface area contributed by atoms with Crippen molar-refractivity contribution < 1.29 is 0 Å². The molecule has 9 aromatic carbocycles. The number of rotatable bonds is 17. The Morgan fingerprint density at radius 2 is 0.840 bits per heavy atom. The molecule has 0 fully saturated rings. The first-order chi connectivity index (χ1) is 37.1. The molecule has 1 aliphatic heterocycles. The summed E-state index contributed by atoms with van der Waals surface area (Å²) in [6.07, 6.45) is 22.8. The predicted molar refractivity (Wildman–Crippen MR) is 328 cm³/mol. The smallest absolute Gasteiger partial charge is 0.0433 e. The van der Waals surface area contributed by atoms with E-state index < -0.39 is 0 Å². The lowest BCUT2D eigenvalue weighted by atomic mass is 9.89. The van der Waals surface area contributed by atoms with Gasteiger partial charge in [0.1, 0.15) is 0 Å². The van der Waals surface area contributed by atoms with E-state index in [2.05, 4.69) is 244 Å². The second-order valence-electron chi connectivity index (χ2n) is 21.0.